The summed E-state index contributed by atoms with van der Waals surface area (Å²) in [7, 11) is 0. The molecule has 2 heterocycles. The second-order valence-electron chi connectivity index (χ2n) is 7.83. The Hall–Kier alpha value is -2.54. The fraction of sp³-hybridized carbons (Fsp3) is 0.500. The number of piperidine rings is 1. The van der Waals surface area contributed by atoms with E-state index in [1.807, 2.05) is 13.0 Å². The number of anilines is 1. The van der Waals surface area contributed by atoms with Crippen LogP contribution >= 0.6 is 11.6 Å². The molecule has 1 amide bonds. The minimum atomic E-state index is -1.03. The number of nitrogens with zero attached hydrogens (tertiary/aromatic N) is 3. The average molecular weight is 433 g/mol. The molecule has 3 rings (SSSR count). The van der Waals surface area contributed by atoms with Gasteiger partial charge in [0.05, 0.1) is 6.54 Å². The van der Waals surface area contributed by atoms with Gasteiger partial charge in [0, 0.05) is 24.2 Å². The lowest BCUT2D eigenvalue weighted by Gasteiger charge is -2.28. The maximum absolute atomic E-state index is 12.5. The van der Waals surface area contributed by atoms with Crippen molar-refractivity contribution in [1.29, 1.82) is 0 Å². The Morgan fingerprint density at radius 1 is 1.17 bits per heavy atom. The van der Waals surface area contributed by atoms with Crippen molar-refractivity contribution in [2.24, 2.45) is 0 Å². The highest BCUT2D eigenvalue weighted by atomic mass is 35.5. The summed E-state index contributed by atoms with van der Waals surface area (Å²) in [5.41, 5.74) is -1.03. The summed E-state index contributed by atoms with van der Waals surface area (Å²) < 4.78 is 11.6. The van der Waals surface area contributed by atoms with Crippen LogP contribution in [0.5, 0.6) is 11.6 Å². The number of carbonyl (C=O) groups excluding carboxylic acids is 1. The minimum absolute atomic E-state index is 0.228. The van der Waals surface area contributed by atoms with Gasteiger partial charge in [-0.1, -0.05) is 11.6 Å². The molecule has 0 unspecified atom stereocenters. The Morgan fingerprint density at radius 3 is 2.57 bits per heavy atom. The molecule has 0 radical (unpaired) electrons. The Balaban J connectivity index is 1.48. The van der Waals surface area contributed by atoms with Crippen molar-refractivity contribution >= 4 is 23.3 Å². The third kappa shape index (κ3) is 6.23. The van der Waals surface area contributed by atoms with Gasteiger partial charge < -0.3 is 19.7 Å². The van der Waals surface area contributed by atoms with Crippen LogP contribution < -0.4 is 19.7 Å². The lowest BCUT2D eigenvalue weighted by atomic mass is 10.1. The predicted octanol–water partition coefficient (Wildman–Crippen LogP) is 3.78. The van der Waals surface area contributed by atoms with Crippen molar-refractivity contribution in [3.05, 3.63) is 41.2 Å². The number of halogens is 1. The number of rotatable bonds is 8. The lowest BCUT2D eigenvalue weighted by Crippen LogP contribution is -2.47. The number of carbonyl (C=O) groups is 1. The molecule has 1 N–H and O–H groups in total. The summed E-state index contributed by atoms with van der Waals surface area (Å²) in [6.07, 6.45) is 3.63. The number of aromatic nitrogens is 2. The van der Waals surface area contributed by atoms with Gasteiger partial charge in [-0.05, 0) is 64.3 Å². The first-order valence-electron chi connectivity index (χ1n) is 10.3. The fourth-order valence-corrected chi connectivity index (χ4v) is 3.39. The van der Waals surface area contributed by atoms with Crippen LogP contribution in [0.4, 0.5) is 5.82 Å². The highest BCUT2D eigenvalue weighted by Gasteiger charge is 2.29. The molecule has 8 heteroatoms. The molecule has 1 fully saturated rings. The smallest absolute Gasteiger partial charge is 0.263 e. The summed E-state index contributed by atoms with van der Waals surface area (Å²) in [6, 6.07) is 8.78. The molecule has 30 heavy (non-hydrogen) atoms. The molecule has 0 atom stereocenters. The van der Waals surface area contributed by atoms with E-state index < -0.39 is 5.60 Å². The Labute approximate surface area is 182 Å². The maximum Gasteiger partial charge on any atom is 0.263 e. The van der Waals surface area contributed by atoms with E-state index in [1.165, 1.54) is 19.3 Å². The number of hydrogen-bond donors (Lipinski definition) is 1. The Bertz CT molecular complexity index is 852. The molecule has 7 nitrogen and oxygen atoms in total. The summed E-state index contributed by atoms with van der Waals surface area (Å²) >= 11 is 5.88. The van der Waals surface area contributed by atoms with E-state index in [0.717, 1.165) is 18.9 Å². The van der Waals surface area contributed by atoms with Gasteiger partial charge in [0.1, 0.15) is 24.0 Å². The lowest BCUT2D eigenvalue weighted by molar-refractivity contribution is -0.134. The van der Waals surface area contributed by atoms with Crippen LogP contribution in [0.3, 0.4) is 0 Å². The van der Waals surface area contributed by atoms with Crippen LogP contribution in [-0.4, -0.2) is 47.7 Å². The van der Waals surface area contributed by atoms with Gasteiger partial charge in [0.15, 0.2) is 5.60 Å². The quantitative estimate of drug-likeness (QED) is 0.639. The zero-order valence-electron chi connectivity index (χ0n) is 17.8. The normalized spacial score (nSPS) is 14.3. The van der Waals surface area contributed by atoms with E-state index in [1.54, 1.807) is 38.1 Å². The summed E-state index contributed by atoms with van der Waals surface area (Å²) in [6.45, 7) is 7.96. The summed E-state index contributed by atoms with van der Waals surface area (Å²) in [4.78, 5) is 23.7. The maximum atomic E-state index is 12.5. The van der Waals surface area contributed by atoms with Gasteiger partial charge in [-0.2, -0.15) is 4.98 Å². The Kier molecular flexibility index (Phi) is 7.37. The van der Waals surface area contributed by atoms with E-state index in [0.29, 0.717) is 35.6 Å². The highest BCUT2D eigenvalue weighted by molar-refractivity contribution is 6.30. The first kappa shape index (κ1) is 22.2. The molecule has 1 aromatic carbocycles. The number of aryl methyl sites for hydroxylation is 1. The topological polar surface area (TPSA) is 76.6 Å². The molecule has 1 aliphatic rings. The number of hydrogen-bond acceptors (Lipinski definition) is 6. The van der Waals surface area contributed by atoms with Gasteiger partial charge >= 0.3 is 0 Å². The largest absolute Gasteiger partial charge is 0.478 e. The van der Waals surface area contributed by atoms with Crippen LogP contribution in [0.25, 0.3) is 0 Å². The molecular formula is C22H29ClN4O3. The van der Waals surface area contributed by atoms with Crippen LogP contribution in [0, 0.1) is 6.92 Å². The van der Waals surface area contributed by atoms with Crippen LogP contribution in [0.1, 0.15) is 38.9 Å². The number of nitrogens with one attached hydrogen (secondary N) is 1. The van der Waals surface area contributed by atoms with E-state index in [4.69, 9.17) is 21.1 Å². The number of ether oxygens (including phenoxy) is 2. The van der Waals surface area contributed by atoms with Gasteiger partial charge in [0.25, 0.3) is 5.91 Å². The second kappa shape index (κ2) is 9.98. The van der Waals surface area contributed by atoms with Crippen molar-refractivity contribution in [2.75, 3.05) is 31.1 Å². The van der Waals surface area contributed by atoms with E-state index >= 15 is 0 Å². The Morgan fingerprint density at radius 2 is 1.87 bits per heavy atom. The van der Waals surface area contributed by atoms with Gasteiger partial charge in [-0.25, -0.2) is 4.98 Å². The van der Waals surface area contributed by atoms with Crippen molar-refractivity contribution in [3.63, 3.8) is 0 Å². The number of benzene rings is 1. The summed E-state index contributed by atoms with van der Waals surface area (Å²) in [5.74, 6) is 2.45. The third-order valence-electron chi connectivity index (χ3n) is 4.85. The predicted molar refractivity (Wildman–Crippen MR) is 117 cm³/mol. The first-order chi connectivity index (χ1) is 14.3. The molecular weight excluding hydrogens is 404 g/mol. The van der Waals surface area contributed by atoms with Crippen molar-refractivity contribution < 1.29 is 14.3 Å². The highest BCUT2D eigenvalue weighted by Crippen LogP contribution is 2.22. The zero-order valence-corrected chi connectivity index (χ0v) is 18.5. The standard InChI is InChI=1S/C22H29ClN4O3/c1-16-25-19(27-12-5-4-6-13-27)15-20(26-16)29-14-11-24-21(28)22(2,3)30-18-9-7-17(23)8-10-18/h7-10,15H,4-6,11-14H2,1-3H3,(H,24,28). The van der Waals surface area contributed by atoms with Crippen LogP contribution in [0.2, 0.25) is 5.02 Å². The molecule has 0 bridgehead atoms. The van der Waals surface area contributed by atoms with Crippen molar-refractivity contribution in [2.45, 2.75) is 45.6 Å². The molecule has 1 aromatic heterocycles. The monoisotopic (exact) mass is 432 g/mol. The summed E-state index contributed by atoms with van der Waals surface area (Å²) in [5, 5.41) is 3.46. The molecule has 1 aliphatic heterocycles. The van der Waals surface area contributed by atoms with Crippen molar-refractivity contribution in [1.82, 2.24) is 15.3 Å². The van der Waals surface area contributed by atoms with Gasteiger partial charge in [-0.3, -0.25) is 4.79 Å². The fourth-order valence-electron chi connectivity index (χ4n) is 3.26. The van der Waals surface area contributed by atoms with Crippen molar-refractivity contribution in [3.8, 4) is 11.6 Å². The SMILES string of the molecule is Cc1nc(OCCNC(=O)C(C)(C)Oc2ccc(Cl)cc2)cc(N2CCCCC2)n1. The van der Waals surface area contributed by atoms with E-state index in [-0.39, 0.29) is 5.91 Å². The molecule has 1 saturated heterocycles. The van der Waals surface area contributed by atoms with Gasteiger partial charge in [0.2, 0.25) is 5.88 Å². The van der Waals surface area contributed by atoms with Gasteiger partial charge in [-0.15, -0.1) is 0 Å². The number of amides is 1. The zero-order chi connectivity index (χ0) is 21.6. The second-order valence-corrected chi connectivity index (χ2v) is 8.27. The average Bonchev–Trinajstić information content (AvgIpc) is 2.73. The van der Waals surface area contributed by atoms with Crippen LogP contribution in [-0.2, 0) is 4.79 Å². The van der Waals surface area contributed by atoms with E-state index in [9.17, 15) is 4.79 Å². The molecule has 0 spiro atoms. The minimum Gasteiger partial charge on any atom is -0.478 e. The van der Waals surface area contributed by atoms with E-state index in [2.05, 4.69) is 20.2 Å². The molecule has 0 aliphatic carbocycles. The van der Waals surface area contributed by atoms with Crippen LogP contribution in [0.15, 0.2) is 30.3 Å². The molecule has 0 saturated carbocycles. The third-order valence-corrected chi connectivity index (χ3v) is 5.10. The molecule has 2 aromatic rings. The first-order valence-corrected chi connectivity index (χ1v) is 10.7. The molecule has 162 valence electrons.